The molecule has 0 amide bonds. The monoisotopic (exact) mass is 618 g/mol. The number of cyclic esters (lactones) is 1. The van der Waals surface area contributed by atoms with Crippen molar-refractivity contribution >= 4 is 5.97 Å². The van der Waals surface area contributed by atoms with Crippen LogP contribution in [0.1, 0.15) is 92.4 Å². The molecule has 2 saturated heterocycles. The average molecular weight is 619 g/mol. The fourth-order valence-electron chi connectivity index (χ4n) is 10.4. The molecule has 44 heavy (non-hydrogen) atoms. The van der Waals surface area contributed by atoms with E-state index in [-0.39, 0.29) is 40.7 Å². The van der Waals surface area contributed by atoms with Crippen LogP contribution in [0.15, 0.2) is 23.3 Å². The van der Waals surface area contributed by atoms with E-state index in [1.807, 2.05) is 13.8 Å². The molecule has 2 saturated carbocycles. The number of hydrogen-bond acceptors (Lipinski definition) is 9. The zero-order valence-electron chi connectivity index (χ0n) is 27.0. The van der Waals surface area contributed by atoms with Crippen LogP contribution in [0.5, 0.6) is 0 Å². The Bertz CT molecular complexity index is 1150. The van der Waals surface area contributed by atoms with Crippen LogP contribution in [0.3, 0.4) is 0 Å². The molecule has 9 nitrogen and oxygen atoms in total. The minimum Gasteiger partial charge on any atom is -0.456 e. The van der Waals surface area contributed by atoms with E-state index < -0.39 is 49.0 Å². The number of aliphatic hydroxyl groups is 5. The normalized spacial score (nSPS) is 49.8. The predicted molar refractivity (Wildman–Crippen MR) is 162 cm³/mol. The SMILES string of the molecule is CC(C)[C@@]1([C@@H](C)O)CC[C@H]([C@H]2CC[C@H]3C4=CC[C@H]5C[C@@H](O[C@@H]6O[C@H](CO)[C@@H](O)[C@H](O)[C@H]6O)CC[C@]5(C)C4=CC[C@]23C)C(=O)O1. The largest absolute Gasteiger partial charge is 0.456 e. The molecule has 2 aliphatic heterocycles. The summed E-state index contributed by atoms with van der Waals surface area (Å²) in [5, 5.41) is 51.0. The molecule has 6 rings (SSSR count). The average Bonchev–Trinajstić information content (AvgIpc) is 3.34. The predicted octanol–water partition coefficient (Wildman–Crippen LogP) is 3.40. The molecule has 0 unspecified atom stereocenters. The molecule has 14 atom stereocenters. The summed E-state index contributed by atoms with van der Waals surface area (Å²) in [7, 11) is 0. The maximum Gasteiger partial charge on any atom is 0.309 e. The topological polar surface area (TPSA) is 146 Å². The molecule has 0 spiro atoms. The Morgan fingerprint density at radius 2 is 1.75 bits per heavy atom. The van der Waals surface area contributed by atoms with E-state index in [4.69, 9.17) is 14.2 Å². The van der Waals surface area contributed by atoms with Gasteiger partial charge in [0, 0.05) is 0 Å². The lowest BCUT2D eigenvalue weighted by molar-refractivity contribution is -0.314. The van der Waals surface area contributed by atoms with E-state index in [1.165, 1.54) is 11.1 Å². The molecule has 0 aromatic carbocycles. The Balaban J connectivity index is 1.15. The first-order valence-electron chi connectivity index (χ1n) is 17.0. The molecular formula is C35H54O9. The zero-order chi connectivity index (χ0) is 31.8. The van der Waals surface area contributed by atoms with E-state index in [0.29, 0.717) is 18.3 Å². The molecule has 0 aromatic heterocycles. The van der Waals surface area contributed by atoms with E-state index >= 15 is 0 Å². The lowest BCUT2D eigenvalue weighted by atomic mass is 9.51. The fraction of sp³-hybridized carbons (Fsp3) is 0.857. The minimum atomic E-state index is -1.44. The van der Waals surface area contributed by atoms with Crippen LogP contribution in [0.25, 0.3) is 0 Å². The molecule has 5 N–H and O–H groups in total. The van der Waals surface area contributed by atoms with Crippen LogP contribution in [-0.4, -0.2) is 86.6 Å². The maximum absolute atomic E-state index is 13.6. The third kappa shape index (κ3) is 4.95. The molecule has 4 aliphatic carbocycles. The first-order chi connectivity index (χ1) is 20.8. The van der Waals surface area contributed by atoms with Crippen molar-refractivity contribution in [2.75, 3.05) is 6.61 Å². The second-order valence-corrected chi connectivity index (χ2v) is 15.7. The van der Waals surface area contributed by atoms with Gasteiger partial charge >= 0.3 is 5.97 Å². The standard InChI is InChI=1S/C35H54O9/c1-18(2)35(19(3)37)15-11-23(31(41)44-35)25-9-8-24-22-7-6-20-16-21(10-13-33(20,4)26(22)12-14-34(24,25)5)42-32-30(40)29(39)28(38)27(17-36)43-32/h7,12,18-21,23-25,27-30,32,36-40H,6,8-11,13-17H2,1-5H3/t19-,20+,21+,23-,24+,25-,27-,28-,29+,30-,32-,33+,34+,35-/m1/s1. The quantitative estimate of drug-likeness (QED) is 0.283. The summed E-state index contributed by atoms with van der Waals surface area (Å²) in [6.07, 6.45) is 5.69. The first kappa shape index (κ1) is 32.6. The van der Waals surface area contributed by atoms with Crippen molar-refractivity contribution in [3.8, 4) is 0 Å². The van der Waals surface area contributed by atoms with Gasteiger partial charge in [0.1, 0.15) is 30.0 Å². The van der Waals surface area contributed by atoms with Gasteiger partial charge in [-0.15, -0.1) is 0 Å². The fourth-order valence-corrected chi connectivity index (χ4v) is 10.4. The number of fused-ring (bicyclic) bond motifs is 5. The number of carbonyl (C=O) groups is 1. The van der Waals surface area contributed by atoms with Gasteiger partial charge in [0.2, 0.25) is 0 Å². The van der Waals surface area contributed by atoms with Crippen molar-refractivity contribution in [2.45, 2.75) is 141 Å². The summed E-state index contributed by atoms with van der Waals surface area (Å²) >= 11 is 0. The molecule has 0 aromatic rings. The number of aliphatic hydroxyl groups excluding tert-OH is 5. The smallest absolute Gasteiger partial charge is 0.309 e. The van der Waals surface area contributed by atoms with Crippen molar-refractivity contribution in [1.29, 1.82) is 0 Å². The van der Waals surface area contributed by atoms with Gasteiger partial charge < -0.3 is 39.7 Å². The number of carbonyl (C=O) groups excluding carboxylic acids is 1. The highest BCUT2D eigenvalue weighted by Gasteiger charge is 2.59. The summed E-state index contributed by atoms with van der Waals surface area (Å²) in [5.41, 5.74) is 2.14. The minimum absolute atomic E-state index is 0.00566. The van der Waals surface area contributed by atoms with Crippen molar-refractivity contribution in [1.82, 2.24) is 0 Å². The number of ether oxygens (including phenoxy) is 3. The van der Waals surface area contributed by atoms with Gasteiger partial charge in [0.15, 0.2) is 6.29 Å². The van der Waals surface area contributed by atoms with Gasteiger partial charge in [-0.2, -0.15) is 0 Å². The van der Waals surface area contributed by atoms with Crippen molar-refractivity contribution in [3.63, 3.8) is 0 Å². The third-order valence-electron chi connectivity index (χ3n) is 13.3. The molecule has 4 fully saturated rings. The van der Waals surface area contributed by atoms with Crippen LogP contribution in [0.2, 0.25) is 0 Å². The van der Waals surface area contributed by atoms with Gasteiger partial charge in [-0.05, 0) is 110 Å². The van der Waals surface area contributed by atoms with Crippen molar-refractivity contribution in [3.05, 3.63) is 23.3 Å². The zero-order valence-corrected chi connectivity index (χ0v) is 27.0. The van der Waals surface area contributed by atoms with E-state index in [9.17, 15) is 30.3 Å². The lowest BCUT2D eigenvalue weighted by Crippen LogP contribution is -2.60. The second-order valence-electron chi connectivity index (χ2n) is 15.7. The summed E-state index contributed by atoms with van der Waals surface area (Å²) < 4.78 is 18.0. The molecule has 9 heteroatoms. The number of allylic oxidation sites excluding steroid dienone is 4. The second kappa shape index (κ2) is 11.7. The lowest BCUT2D eigenvalue weighted by Gasteiger charge is -2.54. The van der Waals surface area contributed by atoms with Crippen LogP contribution in [0, 0.1) is 40.4 Å². The third-order valence-corrected chi connectivity index (χ3v) is 13.3. The van der Waals surface area contributed by atoms with Crippen LogP contribution in [-0.2, 0) is 19.0 Å². The highest BCUT2D eigenvalue weighted by Crippen LogP contribution is 2.65. The van der Waals surface area contributed by atoms with Crippen molar-refractivity contribution < 1.29 is 44.5 Å². The molecule has 0 bridgehead atoms. The highest BCUT2D eigenvalue weighted by atomic mass is 16.7. The summed E-state index contributed by atoms with van der Waals surface area (Å²) in [6.45, 7) is 10.1. The Morgan fingerprint density at radius 1 is 1.00 bits per heavy atom. The summed E-state index contributed by atoms with van der Waals surface area (Å²) in [5.74, 6) is 0.822. The Labute approximate surface area is 261 Å². The van der Waals surface area contributed by atoms with Gasteiger partial charge in [-0.3, -0.25) is 4.79 Å². The first-order valence-corrected chi connectivity index (χ1v) is 17.0. The molecular weight excluding hydrogens is 564 g/mol. The molecule has 248 valence electrons. The van der Waals surface area contributed by atoms with Crippen molar-refractivity contribution in [2.24, 2.45) is 40.4 Å². The Hall–Kier alpha value is -1.33. The number of esters is 1. The van der Waals surface area contributed by atoms with Crippen LogP contribution in [0.4, 0.5) is 0 Å². The summed E-state index contributed by atoms with van der Waals surface area (Å²) in [4.78, 5) is 13.6. The summed E-state index contributed by atoms with van der Waals surface area (Å²) in [6, 6.07) is 0. The van der Waals surface area contributed by atoms with E-state index in [2.05, 4.69) is 26.0 Å². The Kier molecular flexibility index (Phi) is 8.69. The maximum atomic E-state index is 13.6. The molecule has 0 radical (unpaired) electrons. The number of rotatable bonds is 6. The van der Waals surface area contributed by atoms with Crippen LogP contribution >= 0.6 is 0 Å². The van der Waals surface area contributed by atoms with Gasteiger partial charge in [0.25, 0.3) is 0 Å². The van der Waals surface area contributed by atoms with Gasteiger partial charge in [-0.1, -0.05) is 39.8 Å². The van der Waals surface area contributed by atoms with E-state index in [0.717, 1.165) is 51.4 Å². The molecule has 6 aliphatic rings. The molecule has 2 heterocycles. The highest BCUT2D eigenvalue weighted by molar-refractivity contribution is 5.74. The van der Waals surface area contributed by atoms with Crippen LogP contribution < -0.4 is 0 Å². The van der Waals surface area contributed by atoms with Gasteiger partial charge in [0.05, 0.1) is 24.7 Å². The van der Waals surface area contributed by atoms with Gasteiger partial charge in [-0.25, -0.2) is 0 Å². The van der Waals surface area contributed by atoms with E-state index in [1.54, 1.807) is 6.92 Å². The Morgan fingerprint density at radius 3 is 2.41 bits per heavy atom. The number of hydrogen-bond donors (Lipinski definition) is 5.